The SMILES string of the molecule is NC(=O)C1CCN(C(=O)C(O)(c2ccccc2)c2ccccc2)CC1. The van der Waals surface area contributed by atoms with Crippen molar-refractivity contribution in [1.82, 2.24) is 4.90 Å². The standard InChI is InChI=1S/C20H22N2O3/c21-18(23)15-11-13-22(14-12-15)19(24)20(25,16-7-3-1-4-8-16)17-9-5-2-6-10-17/h1-10,15,25H,11-14H2,(H2,21,23). The third-order valence-electron chi connectivity index (χ3n) is 4.88. The molecule has 0 radical (unpaired) electrons. The lowest BCUT2D eigenvalue weighted by atomic mass is 9.84. The van der Waals surface area contributed by atoms with E-state index in [4.69, 9.17) is 5.73 Å². The molecule has 2 aromatic carbocycles. The van der Waals surface area contributed by atoms with Gasteiger partial charge in [-0.05, 0) is 24.0 Å². The minimum absolute atomic E-state index is 0.203. The average molecular weight is 338 g/mol. The fourth-order valence-corrected chi connectivity index (χ4v) is 3.37. The van der Waals surface area contributed by atoms with Crippen molar-refractivity contribution in [2.75, 3.05) is 13.1 Å². The molecule has 25 heavy (non-hydrogen) atoms. The van der Waals surface area contributed by atoms with Crippen molar-refractivity contribution in [3.05, 3.63) is 71.8 Å². The summed E-state index contributed by atoms with van der Waals surface area (Å²) in [6.45, 7) is 0.822. The van der Waals surface area contributed by atoms with Gasteiger partial charge in [-0.3, -0.25) is 9.59 Å². The molecule has 130 valence electrons. The van der Waals surface area contributed by atoms with Crippen LogP contribution in [0.5, 0.6) is 0 Å². The van der Waals surface area contributed by atoms with Gasteiger partial charge in [-0.25, -0.2) is 0 Å². The number of hydrogen-bond acceptors (Lipinski definition) is 3. The number of likely N-dealkylation sites (tertiary alicyclic amines) is 1. The Kier molecular flexibility index (Phi) is 4.86. The van der Waals surface area contributed by atoms with Crippen molar-refractivity contribution < 1.29 is 14.7 Å². The molecular weight excluding hydrogens is 316 g/mol. The number of primary amides is 1. The van der Waals surface area contributed by atoms with Gasteiger partial charge < -0.3 is 15.7 Å². The summed E-state index contributed by atoms with van der Waals surface area (Å²) in [6.07, 6.45) is 1.06. The minimum Gasteiger partial charge on any atom is -0.372 e. The lowest BCUT2D eigenvalue weighted by Crippen LogP contribution is -2.51. The topological polar surface area (TPSA) is 83.6 Å². The Morgan fingerprint density at radius 1 is 0.920 bits per heavy atom. The van der Waals surface area contributed by atoms with Gasteiger partial charge in [0.25, 0.3) is 5.91 Å². The molecule has 1 heterocycles. The summed E-state index contributed by atoms with van der Waals surface area (Å²) < 4.78 is 0. The number of aliphatic hydroxyl groups is 1. The first-order valence-electron chi connectivity index (χ1n) is 8.45. The minimum atomic E-state index is -1.75. The fraction of sp³-hybridized carbons (Fsp3) is 0.300. The van der Waals surface area contributed by atoms with Crippen molar-refractivity contribution >= 4 is 11.8 Å². The summed E-state index contributed by atoms with van der Waals surface area (Å²) in [5.74, 6) is -0.896. The van der Waals surface area contributed by atoms with Gasteiger partial charge in [0, 0.05) is 19.0 Å². The van der Waals surface area contributed by atoms with E-state index < -0.39 is 5.60 Å². The summed E-state index contributed by atoms with van der Waals surface area (Å²) in [4.78, 5) is 26.2. The Labute approximate surface area is 147 Å². The van der Waals surface area contributed by atoms with Crippen LogP contribution in [-0.2, 0) is 15.2 Å². The molecule has 0 unspecified atom stereocenters. The van der Waals surface area contributed by atoms with Crippen molar-refractivity contribution in [1.29, 1.82) is 0 Å². The summed E-state index contributed by atoms with van der Waals surface area (Å²) in [5.41, 5.74) is 4.68. The second-order valence-corrected chi connectivity index (χ2v) is 6.41. The number of nitrogens with two attached hydrogens (primary N) is 1. The molecule has 3 N–H and O–H groups in total. The van der Waals surface area contributed by atoms with E-state index in [1.54, 1.807) is 53.4 Å². The van der Waals surface area contributed by atoms with Crippen LogP contribution in [0.2, 0.25) is 0 Å². The van der Waals surface area contributed by atoms with Gasteiger partial charge in [0.2, 0.25) is 5.91 Å². The molecule has 2 aromatic rings. The first kappa shape index (κ1) is 17.2. The zero-order chi connectivity index (χ0) is 17.9. The van der Waals surface area contributed by atoms with Gasteiger partial charge in [0.15, 0.2) is 5.60 Å². The highest BCUT2D eigenvalue weighted by Gasteiger charge is 2.43. The molecule has 1 aliphatic heterocycles. The van der Waals surface area contributed by atoms with Gasteiger partial charge in [-0.15, -0.1) is 0 Å². The highest BCUT2D eigenvalue weighted by Crippen LogP contribution is 2.33. The molecule has 0 saturated carbocycles. The molecule has 2 amide bonds. The molecule has 0 spiro atoms. The predicted octanol–water partition coefficient (Wildman–Crippen LogP) is 1.65. The van der Waals surface area contributed by atoms with E-state index in [1.165, 1.54) is 0 Å². The molecule has 0 aromatic heterocycles. The van der Waals surface area contributed by atoms with Crippen LogP contribution in [0.25, 0.3) is 0 Å². The molecule has 1 saturated heterocycles. The van der Waals surface area contributed by atoms with Crippen LogP contribution in [0.1, 0.15) is 24.0 Å². The second kappa shape index (κ2) is 7.07. The van der Waals surface area contributed by atoms with E-state index in [0.717, 1.165) is 0 Å². The third kappa shape index (κ3) is 3.28. The van der Waals surface area contributed by atoms with Crippen LogP contribution in [0, 0.1) is 5.92 Å². The third-order valence-corrected chi connectivity index (χ3v) is 4.88. The largest absolute Gasteiger partial charge is 0.372 e. The zero-order valence-corrected chi connectivity index (χ0v) is 14.0. The van der Waals surface area contributed by atoms with Crippen LogP contribution in [0.15, 0.2) is 60.7 Å². The maximum absolute atomic E-state index is 13.3. The van der Waals surface area contributed by atoms with Gasteiger partial charge >= 0.3 is 0 Å². The number of carbonyl (C=O) groups excluding carboxylic acids is 2. The quantitative estimate of drug-likeness (QED) is 0.889. The number of carbonyl (C=O) groups is 2. The first-order chi connectivity index (χ1) is 12.0. The Morgan fingerprint density at radius 3 is 1.76 bits per heavy atom. The van der Waals surface area contributed by atoms with Gasteiger partial charge in [-0.1, -0.05) is 60.7 Å². The van der Waals surface area contributed by atoms with E-state index >= 15 is 0 Å². The van der Waals surface area contributed by atoms with Gasteiger partial charge in [0.05, 0.1) is 0 Å². The van der Waals surface area contributed by atoms with E-state index in [9.17, 15) is 14.7 Å². The average Bonchev–Trinajstić information content (AvgIpc) is 2.68. The second-order valence-electron chi connectivity index (χ2n) is 6.41. The number of hydrogen-bond donors (Lipinski definition) is 2. The Bertz CT molecular complexity index is 699. The maximum Gasteiger partial charge on any atom is 0.263 e. The molecule has 5 heteroatoms. The lowest BCUT2D eigenvalue weighted by Gasteiger charge is -2.37. The van der Waals surface area contributed by atoms with Crippen LogP contribution in [0.3, 0.4) is 0 Å². The molecular formula is C20H22N2O3. The number of nitrogens with zero attached hydrogens (tertiary/aromatic N) is 1. The highest BCUT2D eigenvalue weighted by atomic mass is 16.3. The summed E-state index contributed by atoms with van der Waals surface area (Å²) in [5, 5.41) is 11.5. The van der Waals surface area contributed by atoms with E-state index in [-0.39, 0.29) is 17.7 Å². The lowest BCUT2D eigenvalue weighted by molar-refractivity contribution is -0.150. The molecule has 5 nitrogen and oxygen atoms in total. The molecule has 0 atom stereocenters. The Morgan fingerprint density at radius 2 is 1.36 bits per heavy atom. The molecule has 3 rings (SSSR count). The Hall–Kier alpha value is -2.66. The predicted molar refractivity (Wildman–Crippen MR) is 94.4 cm³/mol. The summed E-state index contributed by atoms with van der Waals surface area (Å²) in [7, 11) is 0. The molecule has 0 aliphatic carbocycles. The number of benzene rings is 2. The van der Waals surface area contributed by atoms with E-state index in [2.05, 4.69) is 0 Å². The fourth-order valence-electron chi connectivity index (χ4n) is 3.37. The van der Waals surface area contributed by atoms with Crippen LogP contribution in [-0.4, -0.2) is 34.9 Å². The van der Waals surface area contributed by atoms with Crippen molar-refractivity contribution in [2.45, 2.75) is 18.4 Å². The van der Waals surface area contributed by atoms with Crippen LogP contribution in [0.4, 0.5) is 0 Å². The molecule has 1 fully saturated rings. The smallest absolute Gasteiger partial charge is 0.263 e. The molecule has 0 bridgehead atoms. The van der Waals surface area contributed by atoms with Gasteiger partial charge in [-0.2, -0.15) is 0 Å². The highest BCUT2D eigenvalue weighted by molar-refractivity contribution is 5.90. The van der Waals surface area contributed by atoms with E-state index in [0.29, 0.717) is 37.1 Å². The first-order valence-corrected chi connectivity index (χ1v) is 8.45. The monoisotopic (exact) mass is 338 g/mol. The normalized spacial score (nSPS) is 15.8. The maximum atomic E-state index is 13.3. The summed E-state index contributed by atoms with van der Waals surface area (Å²) >= 11 is 0. The number of rotatable bonds is 4. The number of piperidine rings is 1. The summed E-state index contributed by atoms with van der Waals surface area (Å²) in [6, 6.07) is 17.9. The van der Waals surface area contributed by atoms with E-state index in [1.807, 2.05) is 12.1 Å². The number of amides is 2. The molecule has 1 aliphatic rings. The van der Waals surface area contributed by atoms with Crippen LogP contribution >= 0.6 is 0 Å². The van der Waals surface area contributed by atoms with Crippen molar-refractivity contribution in [3.8, 4) is 0 Å². The van der Waals surface area contributed by atoms with Crippen molar-refractivity contribution in [3.63, 3.8) is 0 Å². The van der Waals surface area contributed by atoms with Crippen LogP contribution < -0.4 is 5.73 Å². The Balaban J connectivity index is 1.93. The zero-order valence-electron chi connectivity index (χ0n) is 14.0. The van der Waals surface area contributed by atoms with Gasteiger partial charge in [0.1, 0.15) is 0 Å². The van der Waals surface area contributed by atoms with Crippen molar-refractivity contribution in [2.24, 2.45) is 11.7 Å².